The van der Waals surface area contributed by atoms with Gasteiger partial charge >= 0.3 is 0 Å². The Morgan fingerprint density at radius 2 is 1.93 bits per heavy atom. The van der Waals surface area contributed by atoms with Crippen LogP contribution in [0.1, 0.15) is 85.0 Å². The van der Waals surface area contributed by atoms with Gasteiger partial charge in [0.25, 0.3) is 0 Å². The van der Waals surface area contributed by atoms with Gasteiger partial charge in [-0.15, -0.1) is 0 Å². The highest BCUT2D eigenvalue weighted by Gasteiger charge is 2.50. The summed E-state index contributed by atoms with van der Waals surface area (Å²) in [6.07, 6.45) is 14.4. The van der Waals surface area contributed by atoms with Crippen LogP contribution < -0.4 is 0 Å². The summed E-state index contributed by atoms with van der Waals surface area (Å²) < 4.78 is 0. The Morgan fingerprint density at radius 3 is 2.67 bits per heavy atom. The topological polar surface area (TPSA) is 60.7 Å². The van der Waals surface area contributed by atoms with Gasteiger partial charge in [-0.1, -0.05) is 57.9 Å². The van der Waals surface area contributed by atoms with Crippen molar-refractivity contribution in [3.05, 3.63) is 35.5 Å². The first kappa shape index (κ1) is 23.8. The van der Waals surface area contributed by atoms with Gasteiger partial charge in [-0.25, -0.2) is 0 Å². The molecule has 0 spiro atoms. The number of rotatable bonds is 7. The molecule has 3 aliphatic carbocycles. The molecule has 0 aromatic rings. The van der Waals surface area contributed by atoms with Gasteiger partial charge in [0, 0.05) is 13.0 Å². The number of aliphatic hydroxyl groups is 3. The molecule has 3 rings (SSSR count). The third kappa shape index (κ3) is 5.11. The molecule has 3 N–H and O–H groups in total. The second kappa shape index (κ2) is 10.1. The van der Waals surface area contributed by atoms with Gasteiger partial charge in [0.15, 0.2) is 0 Å². The fraction of sp³-hybridized carbons (Fsp3) is 0.778. The number of hydrogen-bond acceptors (Lipinski definition) is 3. The van der Waals surface area contributed by atoms with Crippen molar-refractivity contribution in [3.8, 4) is 0 Å². The first-order chi connectivity index (χ1) is 14.3. The Bertz CT molecular complexity index is 663. The van der Waals surface area contributed by atoms with Gasteiger partial charge in [0.05, 0.1) is 12.2 Å². The van der Waals surface area contributed by atoms with E-state index in [2.05, 4.69) is 39.5 Å². The van der Waals surface area contributed by atoms with Gasteiger partial charge in [-0.2, -0.15) is 0 Å². The predicted octanol–water partition coefficient (Wildman–Crippen LogP) is 5.56. The molecular weight excluding hydrogens is 372 g/mol. The second-order valence-electron chi connectivity index (χ2n) is 10.9. The minimum atomic E-state index is -0.611. The van der Waals surface area contributed by atoms with Crippen LogP contribution >= 0.6 is 0 Å². The Balaban J connectivity index is 1.69. The molecule has 0 aromatic heterocycles. The fourth-order valence-corrected chi connectivity index (χ4v) is 6.76. The van der Waals surface area contributed by atoms with E-state index in [1.54, 1.807) is 5.57 Å². The number of fused-ring (bicyclic) bond motifs is 1. The third-order valence-corrected chi connectivity index (χ3v) is 8.66. The van der Waals surface area contributed by atoms with E-state index in [1.807, 2.05) is 0 Å². The smallest absolute Gasteiger partial charge is 0.0811 e. The Kier molecular flexibility index (Phi) is 8.03. The third-order valence-electron chi connectivity index (χ3n) is 8.66. The lowest BCUT2D eigenvalue weighted by atomic mass is 9.60. The molecule has 0 heterocycles. The minimum Gasteiger partial charge on any atom is -0.396 e. The molecule has 3 heteroatoms. The highest BCUT2D eigenvalue weighted by atomic mass is 16.3. The maximum absolute atomic E-state index is 10.1. The average Bonchev–Trinajstić information content (AvgIpc) is 3.06. The monoisotopic (exact) mass is 416 g/mol. The Hall–Kier alpha value is -0.900. The molecule has 3 fully saturated rings. The van der Waals surface area contributed by atoms with E-state index >= 15 is 0 Å². The van der Waals surface area contributed by atoms with Gasteiger partial charge in [0.2, 0.25) is 0 Å². The van der Waals surface area contributed by atoms with Crippen LogP contribution in [0.3, 0.4) is 0 Å². The normalized spacial score (nSPS) is 39.3. The Morgan fingerprint density at radius 1 is 1.17 bits per heavy atom. The molecule has 0 amide bonds. The van der Waals surface area contributed by atoms with Crippen molar-refractivity contribution in [2.24, 2.45) is 29.1 Å². The van der Waals surface area contributed by atoms with Crippen molar-refractivity contribution < 1.29 is 15.3 Å². The van der Waals surface area contributed by atoms with E-state index < -0.39 is 12.2 Å². The maximum Gasteiger partial charge on any atom is 0.0811 e. The first-order valence-corrected chi connectivity index (χ1v) is 12.3. The lowest BCUT2D eigenvalue weighted by molar-refractivity contribution is 0.0861. The number of hydrogen-bond donors (Lipinski definition) is 3. The summed E-state index contributed by atoms with van der Waals surface area (Å²) in [5.41, 5.74) is 3.77. The van der Waals surface area contributed by atoms with Gasteiger partial charge in [0.1, 0.15) is 0 Å². The van der Waals surface area contributed by atoms with Crippen molar-refractivity contribution in [1.82, 2.24) is 0 Å². The maximum atomic E-state index is 10.1. The molecule has 0 aromatic carbocycles. The van der Waals surface area contributed by atoms with Crippen molar-refractivity contribution in [3.63, 3.8) is 0 Å². The molecule has 0 saturated heterocycles. The minimum absolute atomic E-state index is 0.307. The van der Waals surface area contributed by atoms with Crippen LogP contribution in [0, 0.1) is 29.1 Å². The van der Waals surface area contributed by atoms with Crippen molar-refractivity contribution >= 4 is 0 Å². The molecule has 0 aliphatic heterocycles. The molecule has 170 valence electrons. The lowest BCUT2D eigenvalue weighted by Gasteiger charge is -2.44. The van der Waals surface area contributed by atoms with Crippen LogP contribution in [0.5, 0.6) is 0 Å². The molecule has 0 radical (unpaired) electrons. The highest BCUT2D eigenvalue weighted by molar-refractivity contribution is 5.38. The van der Waals surface area contributed by atoms with Crippen molar-refractivity contribution in [1.29, 1.82) is 0 Å². The lowest BCUT2D eigenvalue weighted by Crippen LogP contribution is -2.36. The Labute approximate surface area is 184 Å². The largest absolute Gasteiger partial charge is 0.396 e. The zero-order chi connectivity index (χ0) is 21.9. The van der Waals surface area contributed by atoms with Crippen LogP contribution in [0.25, 0.3) is 0 Å². The summed E-state index contributed by atoms with van der Waals surface area (Å²) in [5.74, 6) is 2.62. The molecule has 3 nitrogen and oxygen atoms in total. The van der Waals surface area contributed by atoms with Crippen LogP contribution in [-0.2, 0) is 0 Å². The molecular formula is C27H44O3. The number of allylic oxidation sites excluding steroid dienone is 3. The van der Waals surface area contributed by atoms with Crippen LogP contribution in [-0.4, -0.2) is 34.1 Å². The van der Waals surface area contributed by atoms with Gasteiger partial charge in [-0.05, 0) is 85.2 Å². The van der Waals surface area contributed by atoms with Crippen LogP contribution in [0.4, 0.5) is 0 Å². The zero-order valence-corrected chi connectivity index (χ0v) is 19.4. The SMILES string of the molecule is C=C1/C(=C\C=C2/CCC[C@]3(C)[C@@H]([C@H](C)CCCC(C)CO)CC[C@@H]23)C[C@@H](O)C[C@@H]1O. The van der Waals surface area contributed by atoms with E-state index in [0.29, 0.717) is 36.7 Å². The van der Waals surface area contributed by atoms with Gasteiger partial charge < -0.3 is 15.3 Å². The highest BCUT2D eigenvalue weighted by Crippen LogP contribution is 2.59. The summed E-state index contributed by atoms with van der Waals surface area (Å²) in [4.78, 5) is 0. The van der Waals surface area contributed by atoms with E-state index in [4.69, 9.17) is 0 Å². The summed E-state index contributed by atoms with van der Waals surface area (Å²) in [5, 5.41) is 29.4. The number of aliphatic hydroxyl groups excluding tert-OH is 3. The van der Waals surface area contributed by atoms with Crippen molar-refractivity contribution in [2.75, 3.05) is 6.61 Å². The second-order valence-corrected chi connectivity index (χ2v) is 10.9. The van der Waals surface area contributed by atoms with E-state index in [0.717, 1.165) is 29.4 Å². The van der Waals surface area contributed by atoms with E-state index in [9.17, 15) is 15.3 Å². The molecule has 30 heavy (non-hydrogen) atoms. The summed E-state index contributed by atoms with van der Waals surface area (Å²) in [7, 11) is 0. The average molecular weight is 417 g/mol. The molecule has 7 atom stereocenters. The fourth-order valence-electron chi connectivity index (χ4n) is 6.76. The summed E-state index contributed by atoms with van der Waals surface area (Å²) in [6.45, 7) is 11.5. The molecule has 0 bridgehead atoms. The van der Waals surface area contributed by atoms with Crippen molar-refractivity contribution in [2.45, 2.75) is 97.2 Å². The standard InChI is InChI=1S/C27H44O3/c1-18(17-28)7-5-8-19(2)24-12-13-25-21(9-6-14-27(24,25)4)10-11-22-15-23(29)16-26(30)20(22)3/h10-11,18-19,23-26,28-30H,3,5-9,12-17H2,1-2,4H3/b21-10+,22-11-/t18?,19-,23-,24-,25+,26+,27-/m1/s1. The first-order valence-electron chi connectivity index (χ1n) is 12.3. The summed E-state index contributed by atoms with van der Waals surface area (Å²) in [6, 6.07) is 0. The van der Waals surface area contributed by atoms with Crippen LogP contribution in [0.15, 0.2) is 35.5 Å². The quantitative estimate of drug-likeness (QED) is 0.509. The predicted molar refractivity (Wildman–Crippen MR) is 124 cm³/mol. The van der Waals surface area contributed by atoms with Crippen LogP contribution in [0.2, 0.25) is 0 Å². The zero-order valence-electron chi connectivity index (χ0n) is 19.4. The summed E-state index contributed by atoms with van der Waals surface area (Å²) >= 11 is 0. The van der Waals surface area contributed by atoms with Gasteiger partial charge in [-0.3, -0.25) is 0 Å². The van der Waals surface area contributed by atoms with E-state index in [1.165, 1.54) is 44.9 Å². The molecule has 3 aliphatic rings. The molecule has 1 unspecified atom stereocenters. The van der Waals surface area contributed by atoms with E-state index in [-0.39, 0.29) is 0 Å². The molecule has 3 saturated carbocycles.